The quantitative estimate of drug-likeness (QED) is 0.852. The second kappa shape index (κ2) is 4.97. The molecule has 0 bridgehead atoms. The first-order chi connectivity index (χ1) is 9.65. The molecule has 0 saturated carbocycles. The topological polar surface area (TPSA) is 88.0 Å². The molecule has 3 rings (SSSR count). The second-order valence-electron chi connectivity index (χ2n) is 4.72. The van der Waals surface area contributed by atoms with Crippen LogP contribution in [0.2, 0.25) is 0 Å². The van der Waals surface area contributed by atoms with Crippen LogP contribution >= 0.6 is 0 Å². The molecule has 0 saturated heterocycles. The molecule has 0 spiro atoms. The van der Waals surface area contributed by atoms with Gasteiger partial charge in [-0.15, -0.1) is 0 Å². The van der Waals surface area contributed by atoms with E-state index in [0.29, 0.717) is 30.0 Å². The molecule has 6 heteroatoms. The monoisotopic (exact) mass is 270 g/mol. The third-order valence-corrected chi connectivity index (χ3v) is 3.25. The number of carboxylic acid groups (broad SMARTS) is 1. The summed E-state index contributed by atoms with van der Waals surface area (Å²) in [6.45, 7) is 3.17. The van der Waals surface area contributed by atoms with E-state index in [4.69, 9.17) is 0 Å². The van der Waals surface area contributed by atoms with Crippen LogP contribution in [0.15, 0.2) is 18.2 Å². The number of nitrogens with zero attached hydrogens (tertiary/aromatic N) is 3. The zero-order valence-electron chi connectivity index (χ0n) is 11.1. The summed E-state index contributed by atoms with van der Waals surface area (Å²) in [5.74, 6) is -0.645. The van der Waals surface area contributed by atoms with Crippen LogP contribution < -0.4 is 5.32 Å². The van der Waals surface area contributed by atoms with Crippen LogP contribution in [0.3, 0.4) is 0 Å². The van der Waals surface area contributed by atoms with Crippen LogP contribution in [0.25, 0.3) is 11.5 Å². The standard InChI is InChI=1S/C14H14N4O2/c1-8-3-2-4-11(16-8)13-17-10-5-6-15-7-9(10)12(18-13)14(19)20/h2-4,15H,5-7H2,1H3,(H,19,20). The molecule has 0 atom stereocenters. The van der Waals surface area contributed by atoms with E-state index in [1.54, 1.807) is 6.07 Å². The first-order valence-electron chi connectivity index (χ1n) is 6.43. The third kappa shape index (κ3) is 2.25. The smallest absolute Gasteiger partial charge is 0.354 e. The summed E-state index contributed by atoms with van der Waals surface area (Å²) in [5, 5.41) is 12.5. The number of fused-ring (bicyclic) bond motifs is 1. The summed E-state index contributed by atoms with van der Waals surface area (Å²) in [6, 6.07) is 5.54. The van der Waals surface area contributed by atoms with Crippen molar-refractivity contribution in [3.05, 3.63) is 40.8 Å². The van der Waals surface area contributed by atoms with E-state index in [1.807, 2.05) is 19.1 Å². The number of nitrogens with one attached hydrogen (secondary N) is 1. The van der Waals surface area contributed by atoms with Crippen molar-refractivity contribution in [3.63, 3.8) is 0 Å². The normalized spacial score (nSPS) is 13.8. The zero-order valence-corrected chi connectivity index (χ0v) is 11.1. The van der Waals surface area contributed by atoms with Crippen molar-refractivity contribution in [1.29, 1.82) is 0 Å². The Kier molecular flexibility index (Phi) is 3.15. The number of aryl methyl sites for hydroxylation is 1. The Morgan fingerprint density at radius 2 is 2.15 bits per heavy atom. The van der Waals surface area contributed by atoms with Crippen molar-refractivity contribution in [3.8, 4) is 11.5 Å². The molecule has 20 heavy (non-hydrogen) atoms. The Labute approximate surface area is 115 Å². The summed E-state index contributed by atoms with van der Waals surface area (Å²) in [4.78, 5) is 24.4. The highest BCUT2D eigenvalue weighted by Crippen LogP contribution is 2.20. The molecule has 0 aliphatic carbocycles. The molecular weight excluding hydrogens is 256 g/mol. The average Bonchev–Trinajstić information content (AvgIpc) is 2.46. The number of rotatable bonds is 2. The molecule has 6 nitrogen and oxygen atoms in total. The van der Waals surface area contributed by atoms with E-state index in [0.717, 1.165) is 17.9 Å². The minimum atomic E-state index is -1.03. The molecule has 2 N–H and O–H groups in total. The number of carbonyl (C=O) groups is 1. The Hall–Kier alpha value is -2.34. The lowest BCUT2D eigenvalue weighted by molar-refractivity contribution is 0.0688. The van der Waals surface area contributed by atoms with Gasteiger partial charge in [-0.3, -0.25) is 0 Å². The van der Waals surface area contributed by atoms with E-state index in [9.17, 15) is 9.90 Å². The molecule has 1 aliphatic rings. The molecule has 0 aromatic carbocycles. The molecule has 0 amide bonds. The number of aromatic carboxylic acids is 1. The largest absolute Gasteiger partial charge is 0.476 e. The molecule has 0 fully saturated rings. The molecule has 1 aliphatic heterocycles. The molecule has 2 aromatic heterocycles. The van der Waals surface area contributed by atoms with E-state index in [-0.39, 0.29) is 5.69 Å². The summed E-state index contributed by atoms with van der Waals surface area (Å²) >= 11 is 0. The van der Waals surface area contributed by atoms with Crippen molar-refractivity contribution in [2.45, 2.75) is 19.9 Å². The lowest BCUT2D eigenvalue weighted by atomic mass is 10.0. The van der Waals surface area contributed by atoms with Crippen molar-refractivity contribution in [2.24, 2.45) is 0 Å². The first-order valence-corrected chi connectivity index (χ1v) is 6.43. The highest BCUT2D eigenvalue weighted by Gasteiger charge is 2.22. The Morgan fingerprint density at radius 3 is 2.90 bits per heavy atom. The van der Waals surface area contributed by atoms with Gasteiger partial charge in [0.2, 0.25) is 0 Å². The fraction of sp³-hybridized carbons (Fsp3) is 0.286. The van der Waals surface area contributed by atoms with Crippen LogP contribution in [0.4, 0.5) is 0 Å². The van der Waals surface area contributed by atoms with Crippen LogP contribution in [-0.4, -0.2) is 32.6 Å². The first kappa shape index (κ1) is 12.7. The highest BCUT2D eigenvalue weighted by atomic mass is 16.4. The molecule has 0 unspecified atom stereocenters. The van der Waals surface area contributed by atoms with Gasteiger partial charge in [0.25, 0.3) is 0 Å². The van der Waals surface area contributed by atoms with E-state index in [2.05, 4.69) is 20.3 Å². The lowest BCUT2D eigenvalue weighted by Crippen LogP contribution is -2.28. The van der Waals surface area contributed by atoms with Gasteiger partial charge in [-0.25, -0.2) is 19.7 Å². The number of aromatic nitrogens is 3. The van der Waals surface area contributed by atoms with Gasteiger partial charge in [-0.2, -0.15) is 0 Å². The van der Waals surface area contributed by atoms with Crippen LogP contribution in [0.1, 0.15) is 27.4 Å². The molecular formula is C14H14N4O2. The van der Waals surface area contributed by atoms with E-state index < -0.39 is 5.97 Å². The lowest BCUT2D eigenvalue weighted by Gasteiger charge is -2.18. The van der Waals surface area contributed by atoms with Gasteiger partial charge in [-0.1, -0.05) is 6.07 Å². The summed E-state index contributed by atoms with van der Waals surface area (Å²) in [6.07, 6.45) is 0.705. The minimum Gasteiger partial charge on any atom is -0.476 e. The Balaban J connectivity index is 2.17. The molecule has 2 aromatic rings. The maximum atomic E-state index is 11.4. The summed E-state index contributed by atoms with van der Waals surface area (Å²) < 4.78 is 0. The Morgan fingerprint density at radius 1 is 1.30 bits per heavy atom. The van der Waals surface area contributed by atoms with Crippen LogP contribution in [-0.2, 0) is 13.0 Å². The van der Waals surface area contributed by atoms with Gasteiger partial charge < -0.3 is 10.4 Å². The average molecular weight is 270 g/mol. The van der Waals surface area contributed by atoms with Gasteiger partial charge in [0.1, 0.15) is 5.69 Å². The van der Waals surface area contributed by atoms with Crippen LogP contribution in [0.5, 0.6) is 0 Å². The summed E-state index contributed by atoms with van der Waals surface area (Å²) in [7, 11) is 0. The number of carboxylic acids is 1. The third-order valence-electron chi connectivity index (χ3n) is 3.25. The fourth-order valence-electron chi connectivity index (χ4n) is 2.30. The Bertz CT molecular complexity index is 685. The van der Waals surface area contributed by atoms with E-state index in [1.165, 1.54) is 0 Å². The number of pyridine rings is 1. The van der Waals surface area contributed by atoms with Gasteiger partial charge in [0.05, 0.1) is 5.69 Å². The number of hydrogen-bond acceptors (Lipinski definition) is 5. The van der Waals surface area contributed by atoms with Gasteiger partial charge in [-0.05, 0) is 19.1 Å². The highest BCUT2D eigenvalue weighted by molar-refractivity contribution is 5.88. The predicted molar refractivity (Wildman–Crippen MR) is 72.4 cm³/mol. The van der Waals surface area contributed by atoms with E-state index >= 15 is 0 Å². The predicted octanol–water partition coefficient (Wildman–Crippen LogP) is 1.19. The van der Waals surface area contributed by atoms with Gasteiger partial charge >= 0.3 is 5.97 Å². The maximum absolute atomic E-state index is 11.4. The molecule has 0 radical (unpaired) electrons. The van der Waals surface area contributed by atoms with Crippen molar-refractivity contribution in [2.75, 3.05) is 6.54 Å². The van der Waals surface area contributed by atoms with Crippen molar-refractivity contribution in [1.82, 2.24) is 20.3 Å². The van der Waals surface area contributed by atoms with Crippen LogP contribution in [0, 0.1) is 6.92 Å². The number of hydrogen-bond donors (Lipinski definition) is 2. The van der Waals surface area contributed by atoms with Gasteiger partial charge in [0, 0.05) is 30.8 Å². The zero-order chi connectivity index (χ0) is 14.1. The van der Waals surface area contributed by atoms with Crippen molar-refractivity contribution < 1.29 is 9.90 Å². The molecule has 102 valence electrons. The molecule has 3 heterocycles. The SMILES string of the molecule is Cc1cccc(-c2nc3c(c(C(=O)O)n2)CNCC3)n1. The fourth-order valence-corrected chi connectivity index (χ4v) is 2.30. The minimum absolute atomic E-state index is 0.0699. The second-order valence-corrected chi connectivity index (χ2v) is 4.72. The maximum Gasteiger partial charge on any atom is 0.354 e. The summed E-state index contributed by atoms with van der Waals surface area (Å²) in [5.41, 5.74) is 3.01. The van der Waals surface area contributed by atoms with Crippen molar-refractivity contribution >= 4 is 5.97 Å². The van der Waals surface area contributed by atoms with Gasteiger partial charge in [0.15, 0.2) is 11.5 Å².